The molecule has 0 saturated heterocycles. The summed E-state index contributed by atoms with van der Waals surface area (Å²) >= 11 is 5.92. The molecule has 27 heavy (non-hydrogen) atoms. The standard InChI is InChI=1S/C19H19ClN4O3/c1-27-10-9-24-18(25)16-8-3-2-7-15(16)17(23-24)12-21-19(26)22-14-6-4-5-13(20)11-14/h2-8,11H,9-10,12H2,1H3,(H2,21,22,26). The first-order chi connectivity index (χ1) is 13.1. The number of halogens is 1. The third kappa shape index (κ3) is 4.64. The molecule has 2 amide bonds. The van der Waals surface area contributed by atoms with Crippen LogP contribution in [0.5, 0.6) is 0 Å². The Morgan fingerprint density at radius 3 is 2.70 bits per heavy atom. The van der Waals surface area contributed by atoms with Crippen LogP contribution in [-0.2, 0) is 17.8 Å². The molecule has 0 fully saturated rings. The molecule has 0 unspecified atom stereocenters. The maximum absolute atomic E-state index is 12.5. The molecule has 0 aliphatic heterocycles. The molecule has 7 nitrogen and oxygen atoms in total. The molecular formula is C19H19ClN4O3. The zero-order valence-corrected chi connectivity index (χ0v) is 15.5. The van der Waals surface area contributed by atoms with Crippen LogP contribution in [0.15, 0.2) is 53.3 Å². The van der Waals surface area contributed by atoms with E-state index < -0.39 is 6.03 Å². The summed E-state index contributed by atoms with van der Waals surface area (Å²) in [4.78, 5) is 24.7. The summed E-state index contributed by atoms with van der Waals surface area (Å²) in [6, 6.07) is 13.7. The van der Waals surface area contributed by atoms with E-state index in [4.69, 9.17) is 16.3 Å². The average molecular weight is 387 g/mol. The van der Waals surface area contributed by atoms with Crippen molar-refractivity contribution in [3.63, 3.8) is 0 Å². The minimum absolute atomic E-state index is 0.167. The van der Waals surface area contributed by atoms with Crippen LogP contribution >= 0.6 is 11.6 Å². The third-order valence-electron chi connectivity index (χ3n) is 3.95. The van der Waals surface area contributed by atoms with Gasteiger partial charge in [0.25, 0.3) is 5.56 Å². The first-order valence-corrected chi connectivity index (χ1v) is 8.74. The summed E-state index contributed by atoms with van der Waals surface area (Å²) in [7, 11) is 1.56. The highest BCUT2D eigenvalue weighted by Gasteiger charge is 2.11. The molecule has 0 bridgehead atoms. The van der Waals surface area contributed by atoms with E-state index in [1.54, 1.807) is 43.5 Å². The molecule has 0 saturated carbocycles. The number of ether oxygens (including phenoxy) is 1. The van der Waals surface area contributed by atoms with Crippen LogP contribution in [0.4, 0.5) is 10.5 Å². The number of rotatable bonds is 6. The van der Waals surface area contributed by atoms with Crippen molar-refractivity contribution in [2.75, 3.05) is 19.0 Å². The number of nitrogens with zero attached hydrogens (tertiary/aromatic N) is 2. The SMILES string of the molecule is COCCn1nc(CNC(=O)Nc2cccc(Cl)c2)c2ccccc2c1=O. The Morgan fingerprint density at radius 2 is 1.96 bits per heavy atom. The van der Waals surface area contributed by atoms with E-state index in [0.717, 1.165) is 0 Å². The molecule has 0 atom stereocenters. The Bertz CT molecular complexity index is 1020. The van der Waals surface area contributed by atoms with E-state index in [2.05, 4.69) is 15.7 Å². The van der Waals surface area contributed by atoms with Crippen LogP contribution in [0.25, 0.3) is 10.8 Å². The molecule has 2 aromatic carbocycles. The normalized spacial score (nSPS) is 10.7. The van der Waals surface area contributed by atoms with Crippen molar-refractivity contribution in [3.05, 3.63) is 69.6 Å². The zero-order valence-electron chi connectivity index (χ0n) is 14.7. The van der Waals surface area contributed by atoms with Crippen LogP contribution in [-0.4, -0.2) is 29.5 Å². The van der Waals surface area contributed by atoms with Gasteiger partial charge < -0.3 is 15.4 Å². The number of benzene rings is 2. The fourth-order valence-electron chi connectivity index (χ4n) is 2.67. The van der Waals surface area contributed by atoms with Gasteiger partial charge >= 0.3 is 6.03 Å². The number of carbonyl (C=O) groups is 1. The van der Waals surface area contributed by atoms with Crippen LogP contribution in [0.2, 0.25) is 5.02 Å². The van der Waals surface area contributed by atoms with Gasteiger partial charge in [-0.05, 0) is 24.3 Å². The maximum atomic E-state index is 12.5. The molecule has 8 heteroatoms. The molecule has 1 heterocycles. The average Bonchev–Trinajstić information content (AvgIpc) is 2.67. The Balaban J connectivity index is 1.80. The topological polar surface area (TPSA) is 85.2 Å². The van der Waals surface area contributed by atoms with E-state index in [1.807, 2.05) is 12.1 Å². The Kier molecular flexibility index (Phi) is 6.05. The number of nitrogens with one attached hydrogen (secondary N) is 2. The molecule has 2 N–H and O–H groups in total. The van der Waals surface area contributed by atoms with Gasteiger partial charge in [-0.2, -0.15) is 5.10 Å². The third-order valence-corrected chi connectivity index (χ3v) is 4.19. The van der Waals surface area contributed by atoms with Crippen LogP contribution < -0.4 is 16.2 Å². The van der Waals surface area contributed by atoms with E-state index in [9.17, 15) is 9.59 Å². The number of fused-ring (bicyclic) bond motifs is 1. The lowest BCUT2D eigenvalue weighted by Gasteiger charge is -2.12. The summed E-state index contributed by atoms with van der Waals surface area (Å²) < 4.78 is 6.40. The van der Waals surface area contributed by atoms with Gasteiger partial charge in [0.15, 0.2) is 0 Å². The largest absolute Gasteiger partial charge is 0.383 e. The van der Waals surface area contributed by atoms with Crippen LogP contribution in [0, 0.1) is 0 Å². The van der Waals surface area contributed by atoms with E-state index in [-0.39, 0.29) is 12.1 Å². The van der Waals surface area contributed by atoms with E-state index in [0.29, 0.717) is 40.3 Å². The number of carbonyl (C=O) groups excluding carboxylic acids is 1. The fraction of sp³-hybridized carbons (Fsp3) is 0.211. The molecule has 0 radical (unpaired) electrons. The van der Waals surface area contributed by atoms with Gasteiger partial charge in [0.05, 0.1) is 30.8 Å². The smallest absolute Gasteiger partial charge is 0.319 e. The lowest BCUT2D eigenvalue weighted by Crippen LogP contribution is -2.31. The predicted octanol–water partition coefficient (Wildman–Crippen LogP) is 3.02. The summed E-state index contributed by atoms with van der Waals surface area (Å²) in [6.45, 7) is 0.870. The van der Waals surface area contributed by atoms with Gasteiger partial charge in [-0.1, -0.05) is 35.9 Å². The van der Waals surface area contributed by atoms with Crippen molar-refractivity contribution in [2.45, 2.75) is 13.1 Å². The zero-order chi connectivity index (χ0) is 19.2. The molecule has 0 aliphatic carbocycles. The molecule has 0 aliphatic rings. The number of hydrogen-bond acceptors (Lipinski definition) is 4. The lowest BCUT2D eigenvalue weighted by molar-refractivity contribution is 0.181. The highest BCUT2D eigenvalue weighted by atomic mass is 35.5. The summed E-state index contributed by atoms with van der Waals surface area (Å²) in [6.07, 6.45) is 0. The molecule has 3 rings (SSSR count). The van der Waals surface area contributed by atoms with Gasteiger partial charge in [-0.15, -0.1) is 0 Å². The van der Waals surface area contributed by atoms with Crippen molar-refractivity contribution >= 4 is 34.1 Å². The van der Waals surface area contributed by atoms with Crippen molar-refractivity contribution in [1.29, 1.82) is 0 Å². The van der Waals surface area contributed by atoms with Crippen molar-refractivity contribution in [1.82, 2.24) is 15.1 Å². The Morgan fingerprint density at radius 1 is 1.19 bits per heavy atom. The van der Waals surface area contributed by atoms with Crippen LogP contribution in [0.1, 0.15) is 5.69 Å². The number of amides is 2. The van der Waals surface area contributed by atoms with E-state index >= 15 is 0 Å². The van der Waals surface area contributed by atoms with Gasteiger partial charge in [-0.3, -0.25) is 4.79 Å². The van der Waals surface area contributed by atoms with Crippen molar-refractivity contribution < 1.29 is 9.53 Å². The summed E-state index contributed by atoms with van der Waals surface area (Å²) in [5.74, 6) is 0. The van der Waals surface area contributed by atoms with E-state index in [1.165, 1.54) is 4.68 Å². The minimum atomic E-state index is -0.391. The molecule has 3 aromatic rings. The van der Waals surface area contributed by atoms with Gasteiger partial charge in [0.1, 0.15) is 0 Å². The van der Waals surface area contributed by atoms with Gasteiger partial charge in [-0.25, -0.2) is 9.48 Å². The second kappa shape index (κ2) is 8.66. The van der Waals surface area contributed by atoms with Crippen molar-refractivity contribution in [3.8, 4) is 0 Å². The molecule has 1 aromatic heterocycles. The number of aromatic nitrogens is 2. The van der Waals surface area contributed by atoms with Gasteiger partial charge in [0.2, 0.25) is 0 Å². The Labute approximate surface area is 160 Å². The highest BCUT2D eigenvalue weighted by molar-refractivity contribution is 6.30. The number of urea groups is 1. The predicted molar refractivity (Wildman–Crippen MR) is 105 cm³/mol. The Hall–Kier alpha value is -2.90. The van der Waals surface area contributed by atoms with Crippen molar-refractivity contribution in [2.24, 2.45) is 0 Å². The second-order valence-electron chi connectivity index (χ2n) is 5.83. The second-order valence-corrected chi connectivity index (χ2v) is 6.27. The number of methoxy groups -OCH3 is 1. The molecular weight excluding hydrogens is 368 g/mol. The lowest BCUT2D eigenvalue weighted by atomic mass is 10.1. The highest BCUT2D eigenvalue weighted by Crippen LogP contribution is 2.15. The molecule has 0 spiro atoms. The summed E-state index contributed by atoms with van der Waals surface area (Å²) in [5.41, 5.74) is 1.00. The number of hydrogen-bond donors (Lipinski definition) is 2. The minimum Gasteiger partial charge on any atom is -0.383 e. The van der Waals surface area contributed by atoms with Crippen LogP contribution in [0.3, 0.4) is 0 Å². The first-order valence-electron chi connectivity index (χ1n) is 8.36. The fourth-order valence-corrected chi connectivity index (χ4v) is 2.86. The quantitative estimate of drug-likeness (QED) is 0.682. The monoisotopic (exact) mass is 386 g/mol. The molecule has 140 valence electrons. The van der Waals surface area contributed by atoms with Gasteiger partial charge in [0, 0.05) is 23.2 Å². The number of anilines is 1. The summed E-state index contributed by atoms with van der Waals surface area (Å²) in [5, 5.41) is 11.7. The maximum Gasteiger partial charge on any atom is 0.319 e. The first kappa shape index (κ1) is 18.9.